The summed E-state index contributed by atoms with van der Waals surface area (Å²) in [4.78, 5) is 16.4. The van der Waals surface area contributed by atoms with Crippen LogP contribution in [0, 0.1) is 5.82 Å². The van der Waals surface area contributed by atoms with Crippen LogP contribution in [0.2, 0.25) is 0 Å². The van der Waals surface area contributed by atoms with E-state index < -0.39 is 5.82 Å². The summed E-state index contributed by atoms with van der Waals surface area (Å²) in [5.74, 6) is -0.595. The molecule has 0 radical (unpaired) electrons. The van der Waals surface area contributed by atoms with Crippen molar-refractivity contribution in [1.29, 1.82) is 0 Å². The van der Waals surface area contributed by atoms with Gasteiger partial charge in [0.1, 0.15) is 5.82 Å². The molecule has 2 aliphatic rings. The van der Waals surface area contributed by atoms with Crippen LogP contribution in [0.4, 0.5) is 10.1 Å². The molecule has 3 rings (SSSR count). The summed E-state index contributed by atoms with van der Waals surface area (Å²) in [5.41, 5.74) is 1.01. The maximum atomic E-state index is 13.9. The monoisotopic (exact) mass is 276 g/mol. The summed E-state index contributed by atoms with van der Waals surface area (Å²) >= 11 is 0. The molecule has 2 saturated heterocycles. The molecule has 1 aromatic rings. The van der Waals surface area contributed by atoms with E-state index in [1.54, 1.807) is 6.07 Å². The molecule has 0 amide bonds. The smallest absolute Gasteiger partial charge is 0.164 e. The SMILES string of the molecule is CC(=O)c1c(F)cccc1N1CCC(N2CCCC2)C1. The standard InChI is InChI=1S/C16H21FN2O/c1-12(20)16-14(17)5-4-6-15(16)19-10-7-13(11-19)18-8-2-3-9-18/h4-6,13H,2-3,7-11H2,1H3. The van der Waals surface area contributed by atoms with Gasteiger partial charge in [0.05, 0.1) is 11.3 Å². The van der Waals surface area contributed by atoms with Crippen LogP contribution in [0.3, 0.4) is 0 Å². The third kappa shape index (κ3) is 2.44. The van der Waals surface area contributed by atoms with Crippen LogP contribution in [0.5, 0.6) is 0 Å². The highest BCUT2D eigenvalue weighted by Crippen LogP contribution is 2.29. The molecule has 0 bridgehead atoms. The number of carbonyl (C=O) groups is 1. The first kappa shape index (κ1) is 13.6. The molecule has 2 heterocycles. The number of rotatable bonds is 3. The van der Waals surface area contributed by atoms with Gasteiger partial charge in [-0.2, -0.15) is 0 Å². The first-order chi connectivity index (χ1) is 9.66. The Morgan fingerprint density at radius 1 is 1.25 bits per heavy atom. The van der Waals surface area contributed by atoms with E-state index >= 15 is 0 Å². The van der Waals surface area contributed by atoms with Crippen molar-refractivity contribution in [3.8, 4) is 0 Å². The maximum absolute atomic E-state index is 13.9. The van der Waals surface area contributed by atoms with Gasteiger partial charge < -0.3 is 4.90 Å². The number of hydrogen-bond acceptors (Lipinski definition) is 3. The molecule has 0 N–H and O–H groups in total. The second-order valence-electron chi connectivity index (χ2n) is 5.82. The van der Waals surface area contributed by atoms with Crippen molar-refractivity contribution in [2.75, 3.05) is 31.1 Å². The van der Waals surface area contributed by atoms with E-state index in [4.69, 9.17) is 0 Å². The summed E-state index contributed by atoms with van der Waals surface area (Å²) in [6, 6.07) is 5.49. The van der Waals surface area contributed by atoms with E-state index in [0.717, 1.165) is 25.2 Å². The topological polar surface area (TPSA) is 23.6 Å². The van der Waals surface area contributed by atoms with E-state index in [-0.39, 0.29) is 11.3 Å². The fourth-order valence-electron chi connectivity index (χ4n) is 3.49. The summed E-state index contributed by atoms with van der Waals surface area (Å²) in [6.45, 7) is 5.62. The van der Waals surface area contributed by atoms with Crippen molar-refractivity contribution in [2.45, 2.75) is 32.2 Å². The van der Waals surface area contributed by atoms with Gasteiger partial charge in [0, 0.05) is 19.1 Å². The first-order valence-corrected chi connectivity index (χ1v) is 7.45. The van der Waals surface area contributed by atoms with E-state index in [9.17, 15) is 9.18 Å². The lowest BCUT2D eigenvalue weighted by molar-refractivity contribution is 0.101. The van der Waals surface area contributed by atoms with Gasteiger partial charge in [-0.1, -0.05) is 6.07 Å². The third-order valence-corrected chi connectivity index (χ3v) is 4.50. The Kier molecular flexibility index (Phi) is 3.74. The highest BCUT2D eigenvalue weighted by molar-refractivity contribution is 6.00. The van der Waals surface area contributed by atoms with Crippen molar-refractivity contribution in [3.63, 3.8) is 0 Å². The van der Waals surface area contributed by atoms with Crippen molar-refractivity contribution in [1.82, 2.24) is 4.90 Å². The molecule has 3 nitrogen and oxygen atoms in total. The number of nitrogens with zero attached hydrogens (tertiary/aromatic N) is 2. The van der Waals surface area contributed by atoms with Crippen LogP contribution in [0.15, 0.2) is 18.2 Å². The predicted octanol–water partition coefficient (Wildman–Crippen LogP) is 2.70. The summed E-state index contributed by atoms with van der Waals surface area (Å²) in [5, 5.41) is 0. The molecule has 0 aliphatic carbocycles. The molecule has 0 spiro atoms. The Hall–Kier alpha value is -1.42. The number of halogens is 1. The minimum atomic E-state index is -0.403. The lowest BCUT2D eigenvalue weighted by atomic mass is 10.1. The van der Waals surface area contributed by atoms with Gasteiger partial charge in [0.2, 0.25) is 0 Å². The fraction of sp³-hybridized carbons (Fsp3) is 0.562. The van der Waals surface area contributed by atoms with Crippen molar-refractivity contribution < 1.29 is 9.18 Å². The van der Waals surface area contributed by atoms with E-state index in [0.29, 0.717) is 6.04 Å². The average Bonchev–Trinajstić information content (AvgIpc) is 3.09. The molecule has 0 saturated carbocycles. The molecule has 108 valence electrons. The van der Waals surface area contributed by atoms with Gasteiger partial charge >= 0.3 is 0 Å². The van der Waals surface area contributed by atoms with E-state index in [2.05, 4.69) is 9.80 Å². The molecule has 2 fully saturated rings. The zero-order chi connectivity index (χ0) is 14.1. The Morgan fingerprint density at radius 3 is 2.70 bits per heavy atom. The maximum Gasteiger partial charge on any atom is 0.164 e. The highest BCUT2D eigenvalue weighted by Gasteiger charge is 2.31. The number of Topliss-reactive ketones (excluding diaryl/α,β-unsaturated/α-hetero) is 1. The summed E-state index contributed by atoms with van der Waals surface area (Å²) in [6.07, 6.45) is 3.68. The lowest BCUT2D eigenvalue weighted by Crippen LogP contribution is -2.35. The number of hydrogen-bond donors (Lipinski definition) is 0. The molecular weight excluding hydrogens is 255 g/mol. The van der Waals surface area contributed by atoms with Gasteiger partial charge in [-0.25, -0.2) is 4.39 Å². The third-order valence-electron chi connectivity index (χ3n) is 4.50. The normalized spacial score (nSPS) is 23.5. The molecule has 1 atom stereocenters. The van der Waals surface area contributed by atoms with E-state index in [1.807, 2.05) is 6.07 Å². The number of benzene rings is 1. The van der Waals surface area contributed by atoms with Crippen molar-refractivity contribution >= 4 is 11.5 Å². The van der Waals surface area contributed by atoms with Crippen molar-refractivity contribution in [2.24, 2.45) is 0 Å². The minimum absolute atomic E-state index is 0.192. The van der Waals surface area contributed by atoms with Crippen molar-refractivity contribution in [3.05, 3.63) is 29.6 Å². The Balaban J connectivity index is 1.80. The predicted molar refractivity (Wildman–Crippen MR) is 77.8 cm³/mol. The number of ketones is 1. The molecule has 1 unspecified atom stereocenters. The largest absolute Gasteiger partial charge is 0.369 e. The molecule has 2 aliphatic heterocycles. The van der Waals surface area contributed by atoms with E-state index in [1.165, 1.54) is 38.9 Å². The molecule has 4 heteroatoms. The fourth-order valence-corrected chi connectivity index (χ4v) is 3.49. The Morgan fingerprint density at radius 2 is 2.00 bits per heavy atom. The number of carbonyl (C=O) groups excluding carboxylic acids is 1. The molecule has 1 aromatic carbocycles. The van der Waals surface area contributed by atoms with Crippen LogP contribution < -0.4 is 4.90 Å². The van der Waals surface area contributed by atoms with Crippen LogP contribution >= 0.6 is 0 Å². The van der Waals surface area contributed by atoms with Gasteiger partial charge in [-0.3, -0.25) is 9.69 Å². The zero-order valence-corrected chi connectivity index (χ0v) is 11.9. The molecular formula is C16H21FN2O. The second kappa shape index (κ2) is 5.52. The Bertz CT molecular complexity index is 511. The van der Waals surface area contributed by atoms with Crippen LogP contribution in [-0.4, -0.2) is 42.9 Å². The number of anilines is 1. The van der Waals surface area contributed by atoms with Gasteiger partial charge in [-0.15, -0.1) is 0 Å². The van der Waals surface area contributed by atoms with Crippen LogP contribution in [0.1, 0.15) is 36.5 Å². The molecule has 0 aromatic heterocycles. The summed E-state index contributed by atoms with van der Waals surface area (Å²) < 4.78 is 13.9. The minimum Gasteiger partial charge on any atom is -0.369 e. The second-order valence-corrected chi connectivity index (χ2v) is 5.82. The average molecular weight is 276 g/mol. The quantitative estimate of drug-likeness (QED) is 0.793. The van der Waals surface area contributed by atoms with Gasteiger partial charge in [0.25, 0.3) is 0 Å². The van der Waals surface area contributed by atoms with Crippen LogP contribution in [0.25, 0.3) is 0 Å². The zero-order valence-electron chi connectivity index (χ0n) is 11.9. The number of likely N-dealkylation sites (tertiary alicyclic amines) is 1. The van der Waals surface area contributed by atoms with Crippen LogP contribution in [-0.2, 0) is 0 Å². The first-order valence-electron chi connectivity index (χ1n) is 7.45. The lowest BCUT2D eigenvalue weighted by Gasteiger charge is -2.25. The van der Waals surface area contributed by atoms with Gasteiger partial charge in [0.15, 0.2) is 5.78 Å². The summed E-state index contributed by atoms with van der Waals surface area (Å²) in [7, 11) is 0. The van der Waals surface area contributed by atoms with Gasteiger partial charge in [-0.05, 0) is 51.4 Å². The Labute approximate surface area is 119 Å². The molecule has 20 heavy (non-hydrogen) atoms. The highest BCUT2D eigenvalue weighted by atomic mass is 19.1.